The highest BCUT2D eigenvalue weighted by Gasteiger charge is 2.14. The maximum atomic E-state index is 12.1. The fourth-order valence-corrected chi connectivity index (χ4v) is 1.87. The van der Waals surface area contributed by atoms with Gasteiger partial charge in [0.25, 0.3) is 0 Å². The zero-order valence-corrected chi connectivity index (χ0v) is 11.9. The third kappa shape index (κ3) is 4.56. The SMILES string of the molecule is CCC(C)CN(CC)CC(=O)c1ccc(O)c(O)c1. The third-order valence-electron chi connectivity index (χ3n) is 3.38. The molecule has 0 radical (unpaired) electrons. The molecule has 1 rings (SSSR count). The number of carbonyl (C=O) groups is 1. The topological polar surface area (TPSA) is 60.8 Å². The van der Waals surface area contributed by atoms with Gasteiger partial charge in [0.1, 0.15) is 0 Å². The standard InChI is InChI=1S/C15H23NO3/c1-4-11(3)9-16(5-2)10-15(19)12-6-7-13(17)14(18)8-12/h6-8,11,17-18H,4-5,9-10H2,1-3H3. The summed E-state index contributed by atoms with van der Waals surface area (Å²) < 4.78 is 0. The first-order chi connectivity index (χ1) is 8.97. The van der Waals surface area contributed by atoms with Crippen molar-refractivity contribution in [1.29, 1.82) is 0 Å². The van der Waals surface area contributed by atoms with Crippen LogP contribution in [0.2, 0.25) is 0 Å². The number of hydrogen-bond donors (Lipinski definition) is 2. The van der Waals surface area contributed by atoms with Gasteiger partial charge in [-0.15, -0.1) is 0 Å². The van der Waals surface area contributed by atoms with Crippen LogP contribution in [-0.2, 0) is 0 Å². The lowest BCUT2D eigenvalue weighted by molar-refractivity contribution is 0.0923. The molecule has 2 N–H and O–H groups in total. The molecule has 4 heteroatoms. The molecule has 0 saturated carbocycles. The van der Waals surface area contributed by atoms with Crippen molar-refractivity contribution in [1.82, 2.24) is 4.90 Å². The molecule has 0 heterocycles. The maximum Gasteiger partial charge on any atom is 0.176 e. The number of benzene rings is 1. The van der Waals surface area contributed by atoms with Crippen molar-refractivity contribution >= 4 is 5.78 Å². The minimum Gasteiger partial charge on any atom is -0.504 e. The second-order valence-corrected chi connectivity index (χ2v) is 4.97. The van der Waals surface area contributed by atoms with E-state index in [1.54, 1.807) is 0 Å². The Morgan fingerprint density at radius 2 is 1.95 bits per heavy atom. The summed E-state index contributed by atoms with van der Waals surface area (Å²) in [4.78, 5) is 14.2. The minimum absolute atomic E-state index is 0.0412. The summed E-state index contributed by atoms with van der Waals surface area (Å²) in [5.41, 5.74) is 0.429. The largest absolute Gasteiger partial charge is 0.504 e. The highest BCUT2D eigenvalue weighted by Crippen LogP contribution is 2.25. The average molecular weight is 265 g/mol. The van der Waals surface area contributed by atoms with Crippen LogP contribution in [-0.4, -0.2) is 40.5 Å². The molecular weight excluding hydrogens is 242 g/mol. The summed E-state index contributed by atoms with van der Waals surface area (Å²) in [6, 6.07) is 4.19. The molecule has 0 fully saturated rings. The van der Waals surface area contributed by atoms with Gasteiger partial charge < -0.3 is 10.2 Å². The summed E-state index contributed by atoms with van der Waals surface area (Å²) in [5.74, 6) is 0.0563. The Balaban J connectivity index is 2.68. The van der Waals surface area contributed by atoms with Crippen molar-refractivity contribution in [3.8, 4) is 11.5 Å². The molecule has 0 aliphatic heterocycles. The van der Waals surface area contributed by atoms with Crippen LogP contribution < -0.4 is 0 Å². The predicted molar refractivity (Wildman–Crippen MR) is 75.7 cm³/mol. The summed E-state index contributed by atoms with van der Waals surface area (Å²) in [6.45, 7) is 8.38. The monoisotopic (exact) mass is 265 g/mol. The molecule has 4 nitrogen and oxygen atoms in total. The first kappa shape index (κ1) is 15.5. The Morgan fingerprint density at radius 1 is 1.26 bits per heavy atom. The molecule has 0 spiro atoms. The molecular formula is C15H23NO3. The lowest BCUT2D eigenvalue weighted by Gasteiger charge is -2.22. The van der Waals surface area contributed by atoms with Gasteiger partial charge in [-0.1, -0.05) is 27.2 Å². The van der Waals surface area contributed by atoms with Crippen LogP contribution in [0.25, 0.3) is 0 Å². The fraction of sp³-hybridized carbons (Fsp3) is 0.533. The van der Waals surface area contributed by atoms with Crippen LogP contribution in [0.4, 0.5) is 0 Å². The van der Waals surface area contributed by atoms with E-state index in [1.165, 1.54) is 18.2 Å². The van der Waals surface area contributed by atoms with E-state index in [0.29, 0.717) is 18.0 Å². The molecule has 0 aromatic heterocycles. The molecule has 0 saturated heterocycles. The Kier molecular flexibility index (Phi) is 5.83. The maximum absolute atomic E-state index is 12.1. The molecule has 0 amide bonds. The first-order valence-corrected chi connectivity index (χ1v) is 6.75. The molecule has 0 aliphatic carbocycles. The summed E-state index contributed by atoms with van der Waals surface area (Å²) >= 11 is 0. The van der Waals surface area contributed by atoms with E-state index in [4.69, 9.17) is 0 Å². The van der Waals surface area contributed by atoms with Crippen molar-refractivity contribution in [3.63, 3.8) is 0 Å². The van der Waals surface area contributed by atoms with Crippen molar-refractivity contribution in [3.05, 3.63) is 23.8 Å². The van der Waals surface area contributed by atoms with E-state index in [2.05, 4.69) is 18.7 Å². The van der Waals surface area contributed by atoms with Gasteiger partial charge in [-0.2, -0.15) is 0 Å². The second-order valence-electron chi connectivity index (χ2n) is 4.97. The zero-order chi connectivity index (χ0) is 14.4. The molecule has 0 aliphatic rings. The number of phenolic OH excluding ortho intramolecular Hbond substituents is 2. The van der Waals surface area contributed by atoms with Gasteiger partial charge in [0.05, 0.1) is 6.54 Å². The fourth-order valence-electron chi connectivity index (χ4n) is 1.87. The zero-order valence-electron chi connectivity index (χ0n) is 11.9. The summed E-state index contributed by atoms with van der Waals surface area (Å²) in [5, 5.41) is 18.6. The number of aromatic hydroxyl groups is 2. The van der Waals surface area contributed by atoms with E-state index < -0.39 is 0 Å². The number of likely N-dealkylation sites (N-methyl/N-ethyl adjacent to an activating group) is 1. The Hall–Kier alpha value is -1.55. The smallest absolute Gasteiger partial charge is 0.176 e. The molecule has 1 atom stereocenters. The second kappa shape index (κ2) is 7.14. The number of Topliss-reactive ketones (excluding diaryl/α,β-unsaturated/α-hetero) is 1. The van der Waals surface area contributed by atoms with E-state index in [0.717, 1.165) is 19.5 Å². The molecule has 0 bridgehead atoms. The Bertz CT molecular complexity index is 431. The average Bonchev–Trinajstić information content (AvgIpc) is 2.40. The molecule has 106 valence electrons. The van der Waals surface area contributed by atoms with Crippen LogP contribution in [0.5, 0.6) is 11.5 Å². The predicted octanol–water partition coefficient (Wildman–Crippen LogP) is 2.65. The van der Waals surface area contributed by atoms with E-state index in [1.807, 2.05) is 6.92 Å². The molecule has 1 unspecified atom stereocenters. The Morgan fingerprint density at radius 3 is 2.47 bits per heavy atom. The van der Waals surface area contributed by atoms with Gasteiger partial charge in [-0.3, -0.25) is 9.69 Å². The van der Waals surface area contributed by atoms with Crippen molar-refractivity contribution in [2.45, 2.75) is 27.2 Å². The lowest BCUT2D eigenvalue weighted by Crippen LogP contribution is -2.33. The van der Waals surface area contributed by atoms with E-state index in [-0.39, 0.29) is 17.3 Å². The molecule has 1 aromatic rings. The third-order valence-corrected chi connectivity index (χ3v) is 3.38. The van der Waals surface area contributed by atoms with Crippen LogP contribution >= 0.6 is 0 Å². The van der Waals surface area contributed by atoms with Crippen molar-refractivity contribution in [2.24, 2.45) is 5.92 Å². The number of nitrogens with zero attached hydrogens (tertiary/aromatic N) is 1. The number of phenols is 2. The number of rotatable bonds is 7. The van der Waals surface area contributed by atoms with Crippen LogP contribution in [0.3, 0.4) is 0 Å². The Labute approximate surface area is 114 Å². The van der Waals surface area contributed by atoms with Crippen molar-refractivity contribution in [2.75, 3.05) is 19.6 Å². The van der Waals surface area contributed by atoms with E-state index >= 15 is 0 Å². The number of hydrogen-bond acceptors (Lipinski definition) is 4. The number of ketones is 1. The molecule has 1 aromatic carbocycles. The normalized spacial score (nSPS) is 12.6. The minimum atomic E-state index is -0.254. The summed E-state index contributed by atoms with van der Waals surface area (Å²) in [6.07, 6.45) is 1.09. The van der Waals surface area contributed by atoms with Gasteiger partial charge in [-0.05, 0) is 30.7 Å². The first-order valence-electron chi connectivity index (χ1n) is 6.75. The summed E-state index contributed by atoms with van der Waals surface area (Å²) in [7, 11) is 0. The van der Waals surface area contributed by atoms with Gasteiger partial charge in [0.2, 0.25) is 0 Å². The highest BCUT2D eigenvalue weighted by atomic mass is 16.3. The lowest BCUT2D eigenvalue weighted by atomic mass is 10.1. The van der Waals surface area contributed by atoms with Crippen LogP contribution in [0.1, 0.15) is 37.6 Å². The van der Waals surface area contributed by atoms with E-state index in [9.17, 15) is 15.0 Å². The van der Waals surface area contributed by atoms with Gasteiger partial charge in [0.15, 0.2) is 17.3 Å². The van der Waals surface area contributed by atoms with Crippen molar-refractivity contribution < 1.29 is 15.0 Å². The molecule has 19 heavy (non-hydrogen) atoms. The van der Waals surface area contributed by atoms with Gasteiger partial charge >= 0.3 is 0 Å². The quantitative estimate of drug-likeness (QED) is 0.588. The van der Waals surface area contributed by atoms with Crippen LogP contribution in [0.15, 0.2) is 18.2 Å². The van der Waals surface area contributed by atoms with Crippen LogP contribution in [0, 0.1) is 5.92 Å². The van der Waals surface area contributed by atoms with Gasteiger partial charge in [-0.25, -0.2) is 0 Å². The highest BCUT2D eigenvalue weighted by molar-refractivity contribution is 5.98. The van der Waals surface area contributed by atoms with Gasteiger partial charge in [0, 0.05) is 12.1 Å². The number of carbonyl (C=O) groups excluding carboxylic acids is 1.